The van der Waals surface area contributed by atoms with Gasteiger partial charge in [0.2, 0.25) is 0 Å². The van der Waals surface area contributed by atoms with E-state index in [1.807, 2.05) is 13.8 Å². The lowest BCUT2D eigenvalue weighted by Gasteiger charge is -2.41. The number of carbonyl (C=O) groups excluding carboxylic acids is 2. The maximum atomic E-state index is 12.0. The molecule has 0 bridgehead atoms. The van der Waals surface area contributed by atoms with Gasteiger partial charge in [0.15, 0.2) is 0 Å². The third-order valence-corrected chi connectivity index (χ3v) is 2.38. The second kappa shape index (κ2) is 4.64. The summed E-state index contributed by atoms with van der Waals surface area (Å²) in [4.78, 5) is 24.3. The number of morpholine rings is 1. The van der Waals surface area contributed by atoms with Gasteiger partial charge < -0.3 is 14.3 Å². The fourth-order valence-corrected chi connectivity index (χ4v) is 1.61. The largest absolute Gasteiger partial charge is 0.444 e. The lowest BCUT2D eigenvalue weighted by Crippen LogP contribution is -2.57. The Kier molecular flexibility index (Phi) is 3.81. The van der Waals surface area contributed by atoms with Gasteiger partial charge >= 0.3 is 6.09 Å². The van der Waals surface area contributed by atoms with Crippen LogP contribution >= 0.6 is 0 Å². The van der Waals surface area contributed by atoms with Gasteiger partial charge in [-0.3, -0.25) is 4.90 Å². The van der Waals surface area contributed by atoms with Crippen LogP contribution in [0.4, 0.5) is 4.79 Å². The van der Waals surface area contributed by atoms with E-state index in [-0.39, 0.29) is 6.61 Å². The van der Waals surface area contributed by atoms with Crippen LogP contribution in [-0.2, 0) is 14.3 Å². The summed E-state index contributed by atoms with van der Waals surface area (Å²) in [6.07, 6.45) is 0.255. The lowest BCUT2D eigenvalue weighted by molar-refractivity contribution is -0.134. The molecule has 98 valence electrons. The van der Waals surface area contributed by atoms with Crippen LogP contribution in [0.3, 0.4) is 0 Å². The number of ether oxygens (including phenoxy) is 2. The number of hydrogen-bond acceptors (Lipinski definition) is 4. The van der Waals surface area contributed by atoms with E-state index in [1.54, 1.807) is 20.8 Å². The molecule has 1 amide bonds. The molecule has 0 N–H and O–H groups in total. The number of hydrogen-bond donors (Lipinski definition) is 0. The third kappa shape index (κ3) is 4.00. The highest BCUT2D eigenvalue weighted by atomic mass is 16.6. The fraction of sp³-hybridized carbons (Fsp3) is 0.833. The highest BCUT2D eigenvalue weighted by Crippen LogP contribution is 2.22. The van der Waals surface area contributed by atoms with Crippen molar-refractivity contribution in [3.05, 3.63) is 0 Å². The molecule has 5 nitrogen and oxygen atoms in total. The molecule has 17 heavy (non-hydrogen) atoms. The standard InChI is InChI=1S/C12H21NO4/c1-11(2,3)17-10(15)13-8-12(4,5)16-7-9(13)6-14/h6,9H,7-8H2,1-5H3. The fourth-order valence-electron chi connectivity index (χ4n) is 1.61. The Balaban J connectivity index is 2.76. The zero-order valence-electron chi connectivity index (χ0n) is 11.1. The van der Waals surface area contributed by atoms with Crippen LogP contribution in [0.15, 0.2) is 0 Å². The van der Waals surface area contributed by atoms with Crippen molar-refractivity contribution >= 4 is 12.4 Å². The topological polar surface area (TPSA) is 55.8 Å². The molecule has 1 heterocycles. The van der Waals surface area contributed by atoms with E-state index in [4.69, 9.17) is 9.47 Å². The highest BCUT2D eigenvalue weighted by Gasteiger charge is 2.38. The minimum atomic E-state index is -0.563. The van der Waals surface area contributed by atoms with Crippen molar-refractivity contribution in [3.63, 3.8) is 0 Å². The van der Waals surface area contributed by atoms with Crippen molar-refractivity contribution in [3.8, 4) is 0 Å². The minimum Gasteiger partial charge on any atom is -0.444 e. The van der Waals surface area contributed by atoms with Crippen LogP contribution in [0.2, 0.25) is 0 Å². The Hall–Kier alpha value is -1.10. The summed E-state index contributed by atoms with van der Waals surface area (Å²) in [5.41, 5.74) is -1.01. The van der Waals surface area contributed by atoms with Crippen molar-refractivity contribution in [2.75, 3.05) is 13.2 Å². The average molecular weight is 243 g/mol. The number of amides is 1. The monoisotopic (exact) mass is 243 g/mol. The quantitative estimate of drug-likeness (QED) is 0.656. The molecule has 1 aliphatic heterocycles. The zero-order valence-corrected chi connectivity index (χ0v) is 11.1. The number of aldehydes is 1. The van der Waals surface area contributed by atoms with Gasteiger partial charge in [-0.15, -0.1) is 0 Å². The summed E-state index contributed by atoms with van der Waals surface area (Å²) in [5.74, 6) is 0. The first-order chi connectivity index (χ1) is 7.64. The van der Waals surface area contributed by atoms with E-state index in [1.165, 1.54) is 4.90 Å². The molecule has 0 aliphatic carbocycles. The maximum Gasteiger partial charge on any atom is 0.411 e. The second-order valence-electron chi connectivity index (χ2n) is 5.88. The summed E-state index contributed by atoms with van der Waals surface area (Å²) in [7, 11) is 0. The summed E-state index contributed by atoms with van der Waals surface area (Å²) in [5, 5.41) is 0. The van der Waals surface area contributed by atoms with Crippen LogP contribution in [0.25, 0.3) is 0 Å². The van der Waals surface area contributed by atoms with Gasteiger partial charge in [0.25, 0.3) is 0 Å². The molecular weight excluding hydrogens is 222 g/mol. The van der Waals surface area contributed by atoms with Gasteiger partial charge in [-0.05, 0) is 34.6 Å². The number of nitrogens with zero attached hydrogens (tertiary/aromatic N) is 1. The van der Waals surface area contributed by atoms with E-state index in [0.717, 1.165) is 6.29 Å². The molecule has 1 atom stereocenters. The summed E-state index contributed by atoms with van der Waals surface area (Å²) < 4.78 is 10.8. The number of rotatable bonds is 1. The molecule has 5 heteroatoms. The van der Waals surface area contributed by atoms with Gasteiger partial charge in [0.05, 0.1) is 18.8 Å². The van der Waals surface area contributed by atoms with E-state index < -0.39 is 23.3 Å². The zero-order chi connectivity index (χ0) is 13.3. The Morgan fingerprint density at radius 2 is 2.06 bits per heavy atom. The molecule has 1 saturated heterocycles. The minimum absolute atomic E-state index is 0.218. The van der Waals surface area contributed by atoms with Crippen LogP contribution in [0, 0.1) is 0 Å². The normalized spacial score (nSPS) is 24.3. The average Bonchev–Trinajstić information content (AvgIpc) is 2.13. The molecule has 1 rings (SSSR count). The van der Waals surface area contributed by atoms with Gasteiger partial charge in [-0.2, -0.15) is 0 Å². The first kappa shape index (κ1) is 14.0. The Morgan fingerprint density at radius 1 is 1.47 bits per heavy atom. The van der Waals surface area contributed by atoms with Crippen LogP contribution < -0.4 is 0 Å². The third-order valence-electron chi connectivity index (χ3n) is 2.38. The van der Waals surface area contributed by atoms with Crippen molar-refractivity contribution in [2.45, 2.75) is 51.9 Å². The predicted octanol–water partition coefficient (Wildman–Crippen LogP) is 1.60. The van der Waals surface area contributed by atoms with Crippen molar-refractivity contribution in [2.24, 2.45) is 0 Å². The Bertz CT molecular complexity index is 306. The van der Waals surface area contributed by atoms with Gasteiger partial charge in [-0.1, -0.05) is 0 Å². The molecule has 0 aromatic heterocycles. The lowest BCUT2D eigenvalue weighted by atomic mass is 10.1. The molecule has 0 spiro atoms. The van der Waals surface area contributed by atoms with E-state index in [0.29, 0.717) is 6.54 Å². The summed E-state index contributed by atoms with van der Waals surface area (Å²) in [6.45, 7) is 9.73. The van der Waals surface area contributed by atoms with E-state index >= 15 is 0 Å². The molecule has 1 unspecified atom stereocenters. The van der Waals surface area contributed by atoms with Gasteiger partial charge in [-0.25, -0.2) is 4.79 Å². The second-order valence-corrected chi connectivity index (χ2v) is 5.88. The van der Waals surface area contributed by atoms with Gasteiger partial charge in [0, 0.05) is 0 Å². The summed E-state index contributed by atoms with van der Waals surface area (Å²) >= 11 is 0. The SMILES string of the molecule is CC(C)(C)OC(=O)N1CC(C)(C)OCC1C=O. The molecule has 0 saturated carbocycles. The molecule has 1 aliphatic rings. The highest BCUT2D eigenvalue weighted by molar-refractivity contribution is 5.74. The number of carbonyl (C=O) groups is 2. The van der Waals surface area contributed by atoms with E-state index in [9.17, 15) is 9.59 Å². The van der Waals surface area contributed by atoms with E-state index in [2.05, 4.69) is 0 Å². The van der Waals surface area contributed by atoms with Gasteiger partial charge in [0.1, 0.15) is 17.9 Å². The summed E-state index contributed by atoms with van der Waals surface area (Å²) in [6, 6.07) is -0.558. The van der Waals surface area contributed by atoms with Crippen LogP contribution in [0.1, 0.15) is 34.6 Å². The van der Waals surface area contributed by atoms with Crippen molar-refractivity contribution in [1.82, 2.24) is 4.90 Å². The molecule has 0 aromatic rings. The van der Waals surface area contributed by atoms with Crippen LogP contribution in [0.5, 0.6) is 0 Å². The predicted molar refractivity (Wildman–Crippen MR) is 62.8 cm³/mol. The van der Waals surface area contributed by atoms with Crippen LogP contribution in [-0.4, -0.2) is 47.7 Å². The molecule has 0 radical (unpaired) electrons. The Labute approximate surface area is 102 Å². The van der Waals surface area contributed by atoms with Crippen molar-refractivity contribution in [1.29, 1.82) is 0 Å². The first-order valence-corrected chi connectivity index (χ1v) is 5.73. The first-order valence-electron chi connectivity index (χ1n) is 5.73. The molecule has 1 fully saturated rings. The molecular formula is C12H21NO4. The van der Waals surface area contributed by atoms with Crippen molar-refractivity contribution < 1.29 is 19.1 Å². The Morgan fingerprint density at radius 3 is 2.53 bits per heavy atom. The molecule has 0 aromatic carbocycles. The maximum absolute atomic E-state index is 12.0. The smallest absolute Gasteiger partial charge is 0.411 e.